The Morgan fingerprint density at radius 2 is 1.86 bits per heavy atom. The molecular formula is C13H28Cl2N4O2. The number of nitrogens with one attached hydrogen (secondary N) is 1. The van der Waals surface area contributed by atoms with Crippen molar-refractivity contribution < 1.29 is 9.59 Å². The lowest BCUT2D eigenvalue weighted by Crippen LogP contribution is -2.48. The molecule has 1 aliphatic rings. The molecule has 6 nitrogen and oxygen atoms in total. The van der Waals surface area contributed by atoms with E-state index in [0.29, 0.717) is 0 Å². The van der Waals surface area contributed by atoms with Crippen LogP contribution in [0.4, 0.5) is 0 Å². The number of hydrogen-bond donors (Lipinski definition) is 2. The molecule has 1 saturated heterocycles. The molecule has 0 atom stereocenters. The maximum atomic E-state index is 11.9. The minimum atomic E-state index is -0.292. The molecule has 0 saturated carbocycles. The Morgan fingerprint density at radius 1 is 1.29 bits per heavy atom. The summed E-state index contributed by atoms with van der Waals surface area (Å²) in [6.07, 6.45) is 3.19. The fraction of sp³-hybridized carbons (Fsp3) is 0.846. The van der Waals surface area contributed by atoms with Gasteiger partial charge in [-0.1, -0.05) is 6.92 Å². The summed E-state index contributed by atoms with van der Waals surface area (Å²) in [6, 6.07) is 0.287. The third-order valence-electron chi connectivity index (χ3n) is 3.66. The maximum absolute atomic E-state index is 11.9. The van der Waals surface area contributed by atoms with E-state index in [-0.39, 0.29) is 55.8 Å². The van der Waals surface area contributed by atoms with Crippen LogP contribution in [-0.4, -0.2) is 67.4 Å². The van der Waals surface area contributed by atoms with Gasteiger partial charge in [-0.25, -0.2) is 0 Å². The van der Waals surface area contributed by atoms with Gasteiger partial charge in [0.25, 0.3) is 0 Å². The molecule has 1 rings (SSSR count). The molecule has 3 N–H and O–H groups in total. The number of likely N-dealkylation sites (N-methyl/N-ethyl adjacent to an activating group) is 1. The zero-order valence-corrected chi connectivity index (χ0v) is 14.5. The molecule has 0 aromatic rings. The molecule has 0 spiro atoms. The van der Waals surface area contributed by atoms with E-state index < -0.39 is 0 Å². The number of carbonyl (C=O) groups excluding carboxylic acids is 2. The van der Waals surface area contributed by atoms with E-state index >= 15 is 0 Å². The van der Waals surface area contributed by atoms with Crippen LogP contribution in [0.25, 0.3) is 0 Å². The zero-order valence-electron chi connectivity index (χ0n) is 12.8. The van der Waals surface area contributed by atoms with Crippen molar-refractivity contribution in [3.8, 4) is 0 Å². The summed E-state index contributed by atoms with van der Waals surface area (Å²) in [4.78, 5) is 27.1. The molecule has 0 aromatic heterocycles. The number of nitrogens with zero attached hydrogens (tertiary/aromatic N) is 2. The number of halogens is 2. The monoisotopic (exact) mass is 342 g/mol. The van der Waals surface area contributed by atoms with E-state index in [0.717, 1.165) is 32.5 Å². The molecule has 2 amide bonds. The van der Waals surface area contributed by atoms with Gasteiger partial charge in [0.1, 0.15) is 0 Å². The van der Waals surface area contributed by atoms with Crippen molar-refractivity contribution in [3.63, 3.8) is 0 Å². The normalized spacial score (nSPS) is 15.6. The second-order valence-corrected chi connectivity index (χ2v) is 5.06. The molecule has 0 bridgehead atoms. The lowest BCUT2D eigenvalue weighted by Gasteiger charge is -2.36. The molecule has 0 radical (unpaired) electrons. The number of nitrogens with two attached hydrogens (primary N) is 1. The van der Waals surface area contributed by atoms with Crippen LogP contribution in [0.5, 0.6) is 0 Å². The van der Waals surface area contributed by atoms with Crippen molar-refractivity contribution in [2.24, 2.45) is 5.73 Å². The molecular weight excluding hydrogens is 315 g/mol. The number of rotatable bonds is 6. The fourth-order valence-electron chi connectivity index (χ4n) is 2.42. The van der Waals surface area contributed by atoms with E-state index in [2.05, 4.69) is 17.1 Å². The van der Waals surface area contributed by atoms with E-state index in [1.165, 1.54) is 6.42 Å². The fourth-order valence-corrected chi connectivity index (χ4v) is 2.42. The standard InChI is InChI=1S/C13H26N4O2.2ClH/c1-3-6-17-7-4-11(5-8-17)16(2)13(19)10-15-12(18)9-14;;/h11H,3-10,14H2,1-2H3,(H,15,18);2*1H. The topological polar surface area (TPSA) is 78.7 Å². The predicted octanol–water partition coefficient (Wildman–Crippen LogP) is 0.238. The number of hydrogen-bond acceptors (Lipinski definition) is 4. The van der Waals surface area contributed by atoms with E-state index in [1.54, 1.807) is 4.90 Å². The summed E-state index contributed by atoms with van der Waals surface area (Å²) in [6.45, 7) is 5.38. The Labute approximate surface area is 139 Å². The third-order valence-corrected chi connectivity index (χ3v) is 3.66. The quantitative estimate of drug-likeness (QED) is 0.724. The summed E-state index contributed by atoms with van der Waals surface area (Å²) < 4.78 is 0. The Morgan fingerprint density at radius 3 is 2.33 bits per heavy atom. The molecule has 1 aliphatic heterocycles. The van der Waals surface area contributed by atoms with Gasteiger partial charge < -0.3 is 20.9 Å². The average Bonchev–Trinajstić information content (AvgIpc) is 2.44. The molecule has 0 aromatic carbocycles. The first-order valence-corrected chi connectivity index (χ1v) is 7.03. The van der Waals surface area contributed by atoms with Crippen molar-refractivity contribution >= 4 is 36.6 Å². The Kier molecular flexibility index (Phi) is 13.0. The third kappa shape index (κ3) is 7.85. The van der Waals surface area contributed by atoms with Crippen LogP contribution in [0.15, 0.2) is 0 Å². The van der Waals surface area contributed by atoms with Gasteiger partial charge in [0.05, 0.1) is 13.1 Å². The first kappa shape index (κ1) is 22.7. The number of likely N-dealkylation sites (tertiary alicyclic amines) is 1. The molecule has 126 valence electrons. The van der Waals surface area contributed by atoms with Gasteiger partial charge in [0.15, 0.2) is 0 Å². The maximum Gasteiger partial charge on any atom is 0.241 e. The molecule has 8 heteroatoms. The Hall–Kier alpha value is -0.560. The summed E-state index contributed by atoms with van der Waals surface area (Å²) in [7, 11) is 1.82. The van der Waals surface area contributed by atoms with Crippen molar-refractivity contribution in [1.82, 2.24) is 15.1 Å². The van der Waals surface area contributed by atoms with Gasteiger partial charge in [-0.2, -0.15) is 0 Å². The van der Waals surface area contributed by atoms with Crippen molar-refractivity contribution in [2.75, 3.05) is 39.8 Å². The second kappa shape index (κ2) is 12.0. The lowest BCUT2D eigenvalue weighted by atomic mass is 10.0. The van der Waals surface area contributed by atoms with Crippen molar-refractivity contribution in [2.45, 2.75) is 32.2 Å². The first-order chi connectivity index (χ1) is 9.08. The Balaban J connectivity index is 0. The van der Waals surface area contributed by atoms with Gasteiger partial charge in [-0.3, -0.25) is 9.59 Å². The lowest BCUT2D eigenvalue weighted by molar-refractivity contribution is -0.134. The first-order valence-electron chi connectivity index (χ1n) is 7.03. The van der Waals surface area contributed by atoms with Gasteiger partial charge in [0, 0.05) is 26.2 Å². The summed E-state index contributed by atoms with van der Waals surface area (Å²) in [5.41, 5.74) is 5.18. The van der Waals surface area contributed by atoms with Crippen LogP contribution in [0.3, 0.4) is 0 Å². The zero-order chi connectivity index (χ0) is 14.3. The number of carbonyl (C=O) groups is 2. The largest absolute Gasteiger partial charge is 0.346 e. The smallest absolute Gasteiger partial charge is 0.241 e. The van der Waals surface area contributed by atoms with Crippen LogP contribution >= 0.6 is 24.8 Å². The van der Waals surface area contributed by atoms with Crippen molar-refractivity contribution in [3.05, 3.63) is 0 Å². The molecule has 21 heavy (non-hydrogen) atoms. The highest BCUT2D eigenvalue weighted by atomic mass is 35.5. The second-order valence-electron chi connectivity index (χ2n) is 5.06. The van der Waals surface area contributed by atoms with Gasteiger partial charge in [-0.05, 0) is 25.8 Å². The highest BCUT2D eigenvalue weighted by molar-refractivity contribution is 5.86. The summed E-state index contributed by atoms with van der Waals surface area (Å²) in [5.74, 6) is -0.338. The van der Waals surface area contributed by atoms with Crippen LogP contribution < -0.4 is 11.1 Å². The molecule has 1 heterocycles. The van der Waals surface area contributed by atoms with Gasteiger partial charge >= 0.3 is 0 Å². The molecule has 0 unspecified atom stereocenters. The van der Waals surface area contributed by atoms with E-state index in [9.17, 15) is 9.59 Å². The van der Waals surface area contributed by atoms with E-state index in [4.69, 9.17) is 5.73 Å². The molecule has 0 aliphatic carbocycles. The number of amides is 2. The summed E-state index contributed by atoms with van der Waals surface area (Å²) >= 11 is 0. The van der Waals surface area contributed by atoms with Crippen molar-refractivity contribution in [1.29, 1.82) is 0 Å². The number of piperidine rings is 1. The predicted molar refractivity (Wildman–Crippen MR) is 89.1 cm³/mol. The minimum Gasteiger partial charge on any atom is -0.346 e. The summed E-state index contributed by atoms with van der Waals surface area (Å²) in [5, 5.41) is 2.52. The van der Waals surface area contributed by atoms with Crippen LogP contribution in [-0.2, 0) is 9.59 Å². The van der Waals surface area contributed by atoms with Crippen LogP contribution in [0.2, 0.25) is 0 Å². The Bertz CT molecular complexity index is 311. The van der Waals surface area contributed by atoms with Gasteiger partial charge in [-0.15, -0.1) is 24.8 Å². The van der Waals surface area contributed by atoms with Crippen LogP contribution in [0, 0.1) is 0 Å². The van der Waals surface area contributed by atoms with E-state index in [1.807, 2.05) is 7.05 Å². The molecule has 1 fully saturated rings. The SMILES string of the molecule is CCCN1CCC(N(C)C(=O)CNC(=O)CN)CC1.Cl.Cl. The van der Waals surface area contributed by atoms with Gasteiger partial charge in [0.2, 0.25) is 11.8 Å². The average molecular weight is 343 g/mol. The highest BCUT2D eigenvalue weighted by Crippen LogP contribution is 2.15. The van der Waals surface area contributed by atoms with Crippen LogP contribution in [0.1, 0.15) is 26.2 Å². The highest BCUT2D eigenvalue weighted by Gasteiger charge is 2.24. The minimum absolute atomic E-state index is 0.